The Morgan fingerprint density at radius 3 is 2.61 bits per heavy atom. The number of halogens is 1. The van der Waals surface area contributed by atoms with Gasteiger partial charge in [-0.15, -0.1) is 0 Å². The third kappa shape index (κ3) is 6.70. The van der Waals surface area contributed by atoms with Crippen LogP contribution in [0.4, 0.5) is 4.39 Å². The lowest BCUT2D eigenvalue weighted by atomic mass is 9.71. The van der Waals surface area contributed by atoms with Crippen molar-refractivity contribution in [2.45, 2.75) is 109 Å². The second-order valence-electron chi connectivity index (χ2n) is 11.9. The fourth-order valence-electron chi connectivity index (χ4n) is 5.39. The van der Waals surface area contributed by atoms with E-state index in [2.05, 4.69) is 4.98 Å². The summed E-state index contributed by atoms with van der Waals surface area (Å²) < 4.78 is 37.2. The van der Waals surface area contributed by atoms with Crippen LogP contribution in [-0.2, 0) is 23.8 Å². The number of esters is 1. The molecule has 0 saturated carbocycles. The van der Waals surface area contributed by atoms with Crippen molar-refractivity contribution in [1.29, 1.82) is 0 Å². The van der Waals surface area contributed by atoms with Crippen LogP contribution >= 0.6 is 0 Å². The average molecular weight is 538 g/mol. The van der Waals surface area contributed by atoms with E-state index in [9.17, 15) is 19.8 Å². The summed E-state index contributed by atoms with van der Waals surface area (Å²) in [6.07, 6.45) is 0.518. The highest BCUT2D eigenvalue weighted by Crippen LogP contribution is 2.45. The van der Waals surface area contributed by atoms with Gasteiger partial charge in [-0.3, -0.25) is 9.59 Å². The molecule has 0 bridgehead atoms. The fourth-order valence-corrected chi connectivity index (χ4v) is 5.39. The van der Waals surface area contributed by atoms with E-state index in [0.29, 0.717) is 31.8 Å². The Labute approximate surface area is 222 Å². The largest absolute Gasteiger partial charge is 0.455 e. The minimum Gasteiger partial charge on any atom is -0.455 e. The first-order chi connectivity index (χ1) is 17.8. The number of Topliss-reactive ketones (excluding diaryl/α,β-unsaturated/α-hetero) is 1. The number of aliphatic hydroxyl groups excluding tert-OH is 2. The molecular formula is C28H40FNO8. The number of carbonyl (C=O) groups is 2. The molecule has 4 rings (SSSR count). The van der Waals surface area contributed by atoms with Gasteiger partial charge in [-0.05, 0) is 32.1 Å². The zero-order chi connectivity index (χ0) is 27.8. The molecule has 0 amide bonds. The number of ether oxygens (including phenoxy) is 3. The highest BCUT2D eigenvalue weighted by atomic mass is 19.1. The number of oxazole rings is 1. The Hall–Kier alpha value is -2.14. The SMILES string of the molecule is Cc1nc(C=C(F)[C@@H]2CC3OC3(C)CCC[C@H](C)[C@@H](O)[C@@H](CC3CO3)C(=O)C(C)(C)[C@@H](O)CC(=O)O2)co1. The maximum Gasteiger partial charge on any atom is 0.309 e. The third-order valence-corrected chi connectivity index (χ3v) is 8.38. The second-order valence-corrected chi connectivity index (χ2v) is 11.9. The molecule has 4 heterocycles. The topological polar surface area (TPSA) is 135 Å². The van der Waals surface area contributed by atoms with Crippen LogP contribution in [0.2, 0.25) is 0 Å². The molecule has 212 valence electrons. The number of ketones is 1. The zero-order valence-electron chi connectivity index (χ0n) is 22.8. The lowest BCUT2D eigenvalue weighted by Gasteiger charge is -2.36. The number of nitrogens with zero attached hydrogens (tertiary/aromatic N) is 1. The molecule has 3 saturated heterocycles. The Balaban J connectivity index is 1.58. The quantitative estimate of drug-likeness (QED) is 0.435. The van der Waals surface area contributed by atoms with Gasteiger partial charge in [-0.25, -0.2) is 9.37 Å². The van der Waals surface area contributed by atoms with E-state index < -0.39 is 53.5 Å². The van der Waals surface area contributed by atoms with E-state index in [4.69, 9.17) is 18.6 Å². The number of cyclic esters (lactones) is 1. The Morgan fingerprint density at radius 1 is 1.26 bits per heavy atom. The number of aryl methyl sites for hydroxylation is 1. The van der Waals surface area contributed by atoms with Crippen LogP contribution in [0.5, 0.6) is 0 Å². The van der Waals surface area contributed by atoms with E-state index in [0.717, 1.165) is 12.5 Å². The molecule has 1 aromatic heterocycles. The highest BCUT2D eigenvalue weighted by molar-refractivity contribution is 5.88. The fraction of sp³-hybridized carbons (Fsp3) is 0.750. The van der Waals surface area contributed by atoms with Crippen molar-refractivity contribution >= 4 is 17.8 Å². The average Bonchev–Trinajstić information content (AvgIpc) is 3.74. The number of hydrogen-bond donors (Lipinski definition) is 2. The third-order valence-electron chi connectivity index (χ3n) is 8.38. The van der Waals surface area contributed by atoms with Gasteiger partial charge in [0.15, 0.2) is 12.0 Å². The van der Waals surface area contributed by atoms with E-state index in [1.807, 2.05) is 13.8 Å². The van der Waals surface area contributed by atoms with Crippen LogP contribution in [0.3, 0.4) is 0 Å². The molecule has 2 N–H and O–H groups in total. The Kier molecular flexibility index (Phi) is 8.47. The van der Waals surface area contributed by atoms with Crippen LogP contribution < -0.4 is 0 Å². The number of hydrogen-bond acceptors (Lipinski definition) is 9. The molecule has 0 radical (unpaired) electrons. The van der Waals surface area contributed by atoms with Crippen LogP contribution in [0.15, 0.2) is 16.5 Å². The summed E-state index contributed by atoms with van der Waals surface area (Å²) >= 11 is 0. The van der Waals surface area contributed by atoms with Gasteiger partial charge in [0.25, 0.3) is 0 Å². The van der Waals surface area contributed by atoms with Gasteiger partial charge in [-0.2, -0.15) is 0 Å². The number of carbonyl (C=O) groups excluding carboxylic acids is 2. The first kappa shape index (κ1) is 28.9. The van der Waals surface area contributed by atoms with Crippen molar-refractivity contribution in [3.05, 3.63) is 23.7 Å². The standard InChI is InChI=1S/C28H40FNO8/c1-15-7-6-8-28(5)23(38-28)11-21(20(29)9-17-13-35-16(2)30-17)37-24(32)12-22(31)27(3,4)26(34)19(25(15)33)10-18-14-36-18/h9,13,15,18-19,21-23,25,31,33H,6-8,10-12,14H2,1-5H3/t15-,18?,19+,21-,22-,23?,25+,28?/m0/s1. The molecule has 38 heavy (non-hydrogen) atoms. The van der Waals surface area contributed by atoms with Crippen LogP contribution in [-0.4, -0.2) is 69.7 Å². The van der Waals surface area contributed by atoms with E-state index >= 15 is 4.39 Å². The molecule has 0 aliphatic carbocycles. The van der Waals surface area contributed by atoms with Gasteiger partial charge in [0.1, 0.15) is 23.6 Å². The van der Waals surface area contributed by atoms with Crippen LogP contribution in [0, 0.1) is 24.2 Å². The Bertz CT molecular complexity index is 1050. The van der Waals surface area contributed by atoms with E-state index in [1.54, 1.807) is 20.8 Å². The molecule has 3 aliphatic heterocycles. The molecule has 3 unspecified atom stereocenters. The summed E-state index contributed by atoms with van der Waals surface area (Å²) in [6, 6.07) is 0. The summed E-state index contributed by atoms with van der Waals surface area (Å²) in [5.74, 6) is -2.43. The summed E-state index contributed by atoms with van der Waals surface area (Å²) in [4.78, 5) is 30.6. The lowest BCUT2D eigenvalue weighted by molar-refractivity contribution is -0.155. The van der Waals surface area contributed by atoms with E-state index in [-0.39, 0.29) is 36.0 Å². The zero-order valence-corrected chi connectivity index (χ0v) is 22.8. The minimum absolute atomic E-state index is 0.0987. The molecule has 3 aliphatic rings. The van der Waals surface area contributed by atoms with Crippen molar-refractivity contribution in [2.75, 3.05) is 6.61 Å². The maximum absolute atomic E-state index is 15.3. The number of aromatic nitrogens is 1. The van der Waals surface area contributed by atoms with Crippen molar-refractivity contribution in [2.24, 2.45) is 17.3 Å². The van der Waals surface area contributed by atoms with Crippen molar-refractivity contribution in [1.82, 2.24) is 4.98 Å². The molecule has 10 heteroatoms. The Morgan fingerprint density at radius 2 is 1.97 bits per heavy atom. The highest BCUT2D eigenvalue weighted by Gasteiger charge is 2.53. The molecule has 9 nitrogen and oxygen atoms in total. The molecular weight excluding hydrogens is 497 g/mol. The number of rotatable bonds is 4. The number of aliphatic hydroxyl groups is 2. The predicted molar refractivity (Wildman–Crippen MR) is 134 cm³/mol. The summed E-state index contributed by atoms with van der Waals surface area (Å²) in [7, 11) is 0. The van der Waals surface area contributed by atoms with Crippen LogP contribution in [0.25, 0.3) is 6.08 Å². The summed E-state index contributed by atoms with van der Waals surface area (Å²) in [5, 5.41) is 22.2. The van der Waals surface area contributed by atoms with Crippen molar-refractivity contribution in [3.8, 4) is 0 Å². The van der Waals surface area contributed by atoms with E-state index in [1.165, 1.54) is 6.26 Å². The lowest BCUT2D eigenvalue weighted by Crippen LogP contribution is -2.47. The van der Waals surface area contributed by atoms with Crippen molar-refractivity contribution in [3.63, 3.8) is 0 Å². The number of epoxide rings is 2. The molecule has 8 atom stereocenters. The van der Waals surface area contributed by atoms with Gasteiger partial charge < -0.3 is 28.8 Å². The first-order valence-corrected chi connectivity index (χ1v) is 13.5. The molecule has 0 aromatic carbocycles. The van der Waals surface area contributed by atoms with Gasteiger partial charge in [0.05, 0.1) is 48.5 Å². The van der Waals surface area contributed by atoms with Gasteiger partial charge >= 0.3 is 5.97 Å². The van der Waals surface area contributed by atoms with Gasteiger partial charge in [0, 0.05) is 25.3 Å². The summed E-state index contributed by atoms with van der Waals surface area (Å²) in [6.45, 7) is 9.14. The minimum atomic E-state index is -1.39. The van der Waals surface area contributed by atoms with Gasteiger partial charge in [-0.1, -0.05) is 27.2 Å². The van der Waals surface area contributed by atoms with Crippen LogP contribution in [0.1, 0.15) is 77.8 Å². The van der Waals surface area contributed by atoms with Gasteiger partial charge in [0.2, 0.25) is 0 Å². The second kappa shape index (κ2) is 11.2. The molecule has 3 fully saturated rings. The normalized spacial score (nSPS) is 38.8. The molecule has 0 spiro atoms. The monoisotopic (exact) mass is 537 g/mol. The number of fused-ring (bicyclic) bond motifs is 1. The smallest absolute Gasteiger partial charge is 0.309 e. The predicted octanol–water partition coefficient (Wildman–Crippen LogP) is 3.69. The molecule has 1 aromatic rings. The van der Waals surface area contributed by atoms with Crippen molar-refractivity contribution < 1.29 is 42.8 Å². The summed E-state index contributed by atoms with van der Waals surface area (Å²) in [5.41, 5.74) is -1.60. The first-order valence-electron chi connectivity index (χ1n) is 13.5. The maximum atomic E-state index is 15.3.